The monoisotopic (exact) mass is 527 g/mol. The van der Waals surface area contributed by atoms with E-state index < -0.39 is 30.3 Å². The molecule has 1 aliphatic heterocycles. The Balaban J connectivity index is 0.00000127. The van der Waals surface area contributed by atoms with Crippen molar-refractivity contribution < 1.29 is 31.7 Å². The first-order chi connectivity index (χ1) is 17.1. The average molecular weight is 527 g/mol. The van der Waals surface area contributed by atoms with Gasteiger partial charge in [0, 0.05) is 19.3 Å². The maximum Gasteiger partial charge on any atom is 0.495 e. The Morgan fingerprint density at radius 3 is 2.03 bits per heavy atom. The van der Waals surface area contributed by atoms with Gasteiger partial charge in [-0.1, -0.05) is 39.8 Å². The number of hydrogen-bond acceptors (Lipinski definition) is 5. The van der Waals surface area contributed by atoms with Crippen LogP contribution in [0.2, 0.25) is 0 Å². The van der Waals surface area contributed by atoms with Gasteiger partial charge in [-0.3, -0.25) is 9.20 Å². The van der Waals surface area contributed by atoms with Gasteiger partial charge in [0.15, 0.2) is 0 Å². The van der Waals surface area contributed by atoms with Gasteiger partial charge < -0.3 is 15.0 Å². The molecule has 1 saturated heterocycles. The molecule has 2 aromatic heterocycles. The lowest BCUT2D eigenvalue weighted by molar-refractivity contribution is -0.110. The van der Waals surface area contributed by atoms with Gasteiger partial charge in [-0.15, -0.1) is 0 Å². The molecule has 0 unspecified atom stereocenters. The lowest BCUT2D eigenvalue weighted by atomic mass is 9.80. The molecule has 6 nitrogen and oxygen atoms in total. The zero-order chi connectivity index (χ0) is 29.0. The van der Waals surface area contributed by atoms with E-state index in [0.717, 1.165) is 17.7 Å². The molecule has 0 saturated carbocycles. The quantitative estimate of drug-likeness (QED) is 0.162. The van der Waals surface area contributed by atoms with E-state index in [1.807, 2.05) is 67.5 Å². The standard InChI is InChI=1S/C20H23BFN3O3.C2H3F3.2C2H6/c1-19(2)20(3,4)28-21(27-19)14-9-10-25-16(13-24-18(25)11-14)17(26)8-6-5-7-15(22)12-23;1-2(3,4)5;2*1-2/h5-13H,23H2,1-4H3;1H3;2*1-2H3/b7-5-,8-6-,15-12-;;;. The van der Waals surface area contributed by atoms with E-state index in [4.69, 9.17) is 15.0 Å². The smallest absolute Gasteiger partial charge is 0.402 e. The van der Waals surface area contributed by atoms with Crippen LogP contribution in [0.3, 0.4) is 0 Å². The first-order valence-corrected chi connectivity index (χ1v) is 12.0. The molecule has 0 spiro atoms. The van der Waals surface area contributed by atoms with Crippen molar-refractivity contribution in [3.05, 3.63) is 66.6 Å². The molecule has 11 heteroatoms. The third-order valence-corrected chi connectivity index (χ3v) is 5.09. The molecule has 3 rings (SSSR count). The summed E-state index contributed by atoms with van der Waals surface area (Å²) in [6.45, 7) is 16.2. The lowest BCUT2D eigenvalue weighted by Crippen LogP contribution is -2.41. The van der Waals surface area contributed by atoms with Crippen molar-refractivity contribution >= 4 is 24.0 Å². The summed E-state index contributed by atoms with van der Waals surface area (Å²) < 4.78 is 57.8. The Bertz CT molecular complexity index is 1070. The molecule has 37 heavy (non-hydrogen) atoms. The van der Waals surface area contributed by atoms with E-state index in [9.17, 15) is 22.4 Å². The minimum atomic E-state index is -4.00. The molecule has 1 aliphatic rings. The van der Waals surface area contributed by atoms with E-state index in [0.29, 0.717) is 11.3 Å². The van der Waals surface area contributed by atoms with Gasteiger partial charge in [0.05, 0.1) is 17.4 Å². The minimum Gasteiger partial charge on any atom is -0.402 e. The van der Waals surface area contributed by atoms with Gasteiger partial charge in [0.25, 0.3) is 0 Å². The molecule has 0 amide bonds. The van der Waals surface area contributed by atoms with Crippen LogP contribution in [0.5, 0.6) is 0 Å². The number of ketones is 1. The van der Waals surface area contributed by atoms with Gasteiger partial charge in [-0.2, -0.15) is 13.2 Å². The fourth-order valence-electron chi connectivity index (χ4n) is 2.74. The van der Waals surface area contributed by atoms with Crippen molar-refractivity contribution in [3.8, 4) is 0 Å². The highest BCUT2D eigenvalue weighted by Gasteiger charge is 2.51. The van der Waals surface area contributed by atoms with Crippen LogP contribution in [0.15, 0.2) is 60.9 Å². The third-order valence-electron chi connectivity index (χ3n) is 5.09. The van der Waals surface area contributed by atoms with Crippen molar-refractivity contribution in [2.75, 3.05) is 0 Å². The summed E-state index contributed by atoms with van der Waals surface area (Å²) in [5.41, 5.74) is 6.00. The number of nitrogens with two attached hydrogens (primary N) is 1. The Morgan fingerprint density at radius 2 is 1.54 bits per heavy atom. The molecule has 2 aromatic rings. The second-order valence-electron chi connectivity index (χ2n) is 8.34. The number of hydrogen-bond donors (Lipinski definition) is 1. The number of aromatic nitrogens is 2. The summed E-state index contributed by atoms with van der Waals surface area (Å²) in [7, 11) is -0.499. The summed E-state index contributed by atoms with van der Waals surface area (Å²) in [4.78, 5) is 16.7. The number of halogens is 4. The first-order valence-electron chi connectivity index (χ1n) is 12.0. The van der Waals surface area contributed by atoms with Crippen LogP contribution in [-0.2, 0) is 9.31 Å². The van der Waals surface area contributed by atoms with E-state index in [1.165, 1.54) is 24.4 Å². The average Bonchev–Trinajstić information content (AvgIpc) is 3.34. The van der Waals surface area contributed by atoms with Crippen LogP contribution in [0.1, 0.15) is 72.8 Å². The van der Waals surface area contributed by atoms with Crippen molar-refractivity contribution in [3.63, 3.8) is 0 Å². The number of alkyl halides is 3. The molecule has 206 valence electrons. The van der Waals surface area contributed by atoms with E-state index in [-0.39, 0.29) is 12.7 Å². The molecule has 0 atom stereocenters. The Morgan fingerprint density at radius 1 is 1.05 bits per heavy atom. The highest BCUT2D eigenvalue weighted by Crippen LogP contribution is 2.36. The predicted molar refractivity (Wildman–Crippen MR) is 141 cm³/mol. The molecule has 0 bridgehead atoms. The number of rotatable bonds is 5. The number of allylic oxidation sites excluding steroid dienone is 5. The van der Waals surface area contributed by atoms with Crippen LogP contribution in [0, 0.1) is 0 Å². The second kappa shape index (κ2) is 14.7. The molecule has 1 fully saturated rings. The zero-order valence-electron chi connectivity index (χ0n) is 23.0. The van der Waals surface area contributed by atoms with Crippen molar-refractivity contribution in [2.24, 2.45) is 5.73 Å². The molecule has 0 aliphatic carbocycles. The van der Waals surface area contributed by atoms with Crippen LogP contribution in [-0.4, -0.2) is 39.7 Å². The van der Waals surface area contributed by atoms with Gasteiger partial charge in [-0.25, -0.2) is 9.37 Å². The number of pyridine rings is 1. The maximum atomic E-state index is 12.9. The summed E-state index contributed by atoms with van der Waals surface area (Å²) >= 11 is 0. The summed E-state index contributed by atoms with van der Waals surface area (Å²) in [6, 6.07) is 3.68. The molecular formula is C26H38BF4N3O3. The molecule has 2 N–H and O–H groups in total. The van der Waals surface area contributed by atoms with Crippen molar-refractivity contribution in [1.29, 1.82) is 0 Å². The normalized spacial score (nSPS) is 16.6. The van der Waals surface area contributed by atoms with Gasteiger partial charge in [0.2, 0.25) is 5.78 Å². The predicted octanol–water partition coefficient (Wildman–Crippen LogP) is 6.32. The minimum absolute atomic E-state index is 0.188. The SMILES string of the molecule is CC.CC.CC(F)(F)F.CC1(C)OB(c2ccn3c(C(=O)\C=C/C=C\C(F)=C\N)cnc3c2)OC1(C)C. The Labute approximate surface area is 217 Å². The summed E-state index contributed by atoms with van der Waals surface area (Å²) in [5.74, 6) is -0.834. The van der Waals surface area contributed by atoms with Crippen LogP contribution in [0.25, 0.3) is 5.65 Å². The number of fused-ring (bicyclic) bond motifs is 1. The summed E-state index contributed by atoms with van der Waals surface area (Å²) in [6.07, 6.45) is 5.45. The Hall–Kier alpha value is -2.92. The topological polar surface area (TPSA) is 78.9 Å². The largest absolute Gasteiger partial charge is 0.495 e. The first kappa shape index (κ1) is 34.1. The molecular weight excluding hydrogens is 489 g/mol. The number of carbonyl (C=O) groups is 1. The summed E-state index contributed by atoms with van der Waals surface area (Å²) in [5, 5.41) is 0. The lowest BCUT2D eigenvalue weighted by Gasteiger charge is -2.32. The maximum absolute atomic E-state index is 12.9. The van der Waals surface area contributed by atoms with Gasteiger partial charge >= 0.3 is 13.3 Å². The van der Waals surface area contributed by atoms with Gasteiger partial charge in [-0.05, 0) is 57.4 Å². The van der Waals surface area contributed by atoms with Crippen LogP contribution >= 0.6 is 0 Å². The molecule has 0 aromatic carbocycles. The highest BCUT2D eigenvalue weighted by molar-refractivity contribution is 6.62. The third kappa shape index (κ3) is 10.5. The fourth-order valence-corrected chi connectivity index (χ4v) is 2.74. The number of imidazole rings is 1. The molecule has 0 radical (unpaired) electrons. The fraction of sp³-hybridized carbons (Fsp3) is 0.462. The molecule has 3 heterocycles. The Kier molecular flexibility index (Phi) is 13.6. The van der Waals surface area contributed by atoms with Gasteiger partial charge in [0.1, 0.15) is 17.2 Å². The van der Waals surface area contributed by atoms with Crippen LogP contribution < -0.4 is 11.2 Å². The highest BCUT2D eigenvalue weighted by atomic mass is 19.4. The van der Waals surface area contributed by atoms with Crippen LogP contribution in [0.4, 0.5) is 17.6 Å². The number of nitrogens with zero attached hydrogens (tertiary/aromatic N) is 2. The van der Waals surface area contributed by atoms with E-state index >= 15 is 0 Å². The second-order valence-corrected chi connectivity index (χ2v) is 8.34. The van der Waals surface area contributed by atoms with E-state index in [1.54, 1.807) is 10.6 Å². The van der Waals surface area contributed by atoms with Crippen molar-refractivity contribution in [1.82, 2.24) is 9.38 Å². The number of carbonyl (C=O) groups excluding carboxylic acids is 1. The zero-order valence-corrected chi connectivity index (χ0v) is 23.0. The van der Waals surface area contributed by atoms with Crippen molar-refractivity contribution in [2.45, 2.75) is 79.7 Å². The van der Waals surface area contributed by atoms with E-state index in [2.05, 4.69) is 4.98 Å².